The van der Waals surface area contributed by atoms with Crippen LogP contribution in [-0.4, -0.2) is 130 Å². The Morgan fingerprint density at radius 2 is 1.27 bits per heavy atom. The topological polar surface area (TPSA) is 357 Å². The summed E-state index contributed by atoms with van der Waals surface area (Å²) < 4.78 is 42.5. The molecule has 0 radical (unpaired) electrons. The first-order valence-electron chi connectivity index (χ1n) is 20.3. The lowest BCUT2D eigenvalue weighted by molar-refractivity contribution is -0.149. The standard InChI is InChI=1S/C39H60F3N11O10/c1-18(2)13-24(34(58)48-23(7-5-11-47-39(45)46)33(57)52-27(16-29(44)55)37(61)53-12-6-8-28(53)38(62)63)50-35(59)25(14-19(3)4)51-36(60)26(49-32(56)22(43)17-54)15-20-9-10-21(40)31(42)30(20)41/h9-10,18-19,22-28,54H,5-8,11-17,43H2,1-4H3,(H2,44,55)(H,48,58)(H,49,56)(H,50,59)(H,51,60)(H,52,57)(H,62,63)(H4,45,46,47)/t22-,23-,24-,25-,26-,27-,28-/m0/s1. The van der Waals surface area contributed by atoms with E-state index in [9.17, 15) is 61.7 Å². The minimum Gasteiger partial charge on any atom is -0.480 e. The minimum absolute atomic E-state index is 0.00143. The number of primary amides is 1. The van der Waals surface area contributed by atoms with Crippen molar-refractivity contribution in [3.05, 3.63) is 35.1 Å². The second kappa shape index (κ2) is 25.2. The molecule has 24 heteroatoms. The number of carboxylic acid groups (broad SMARTS) is 1. The largest absolute Gasteiger partial charge is 0.480 e. The Bertz CT molecular complexity index is 1850. The highest BCUT2D eigenvalue weighted by Crippen LogP contribution is 2.20. The van der Waals surface area contributed by atoms with Crippen molar-refractivity contribution in [2.45, 2.75) is 121 Å². The Balaban J connectivity index is 2.44. The van der Waals surface area contributed by atoms with Crippen molar-refractivity contribution < 1.29 is 61.7 Å². The molecule has 15 N–H and O–H groups in total. The lowest BCUT2D eigenvalue weighted by atomic mass is 9.98. The van der Waals surface area contributed by atoms with Gasteiger partial charge in [0.15, 0.2) is 23.4 Å². The molecule has 1 fully saturated rings. The van der Waals surface area contributed by atoms with E-state index in [4.69, 9.17) is 22.9 Å². The number of hydrogen-bond donors (Lipinski definition) is 11. The van der Waals surface area contributed by atoms with Gasteiger partial charge in [0.2, 0.25) is 41.4 Å². The van der Waals surface area contributed by atoms with Gasteiger partial charge in [-0.25, -0.2) is 18.0 Å². The lowest BCUT2D eigenvalue weighted by Gasteiger charge is -2.29. The predicted octanol–water partition coefficient (Wildman–Crippen LogP) is -2.51. The van der Waals surface area contributed by atoms with Crippen LogP contribution in [0.1, 0.15) is 78.2 Å². The van der Waals surface area contributed by atoms with Gasteiger partial charge in [-0.1, -0.05) is 33.8 Å². The van der Waals surface area contributed by atoms with E-state index in [0.717, 1.165) is 11.0 Å². The maximum absolute atomic E-state index is 14.7. The summed E-state index contributed by atoms with van der Waals surface area (Å²) in [4.78, 5) is 110. The van der Waals surface area contributed by atoms with Gasteiger partial charge in [-0.15, -0.1) is 0 Å². The Hall–Kier alpha value is -6.04. The fourth-order valence-electron chi connectivity index (χ4n) is 6.67. The quantitative estimate of drug-likeness (QED) is 0.0209. The van der Waals surface area contributed by atoms with Crippen LogP contribution in [-0.2, 0) is 44.8 Å². The molecule has 1 aromatic carbocycles. The monoisotopic (exact) mass is 899 g/mol. The molecule has 0 bridgehead atoms. The van der Waals surface area contributed by atoms with Crippen molar-refractivity contribution in [2.24, 2.45) is 39.8 Å². The minimum atomic E-state index is -1.83. The fraction of sp³-hybridized carbons (Fsp3) is 0.615. The molecule has 0 unspecified atom stereocenters. The van der Waals surface area contributed by atoms with Gasteiger partial charge in [0, 0.05) is 19.5 Å². The summed E-state index contributed by atoms with van der Waals surface area (Å²) in [7, 11) is 0. The van der Waals surface area contributed by atoms with Gasteiger partial charge in [0.1, 0.15) is 42.3 Å². The number of carbonyl (C=O) groups excluding carboxylic acids is 7. The van der Waals surface area contributed by atoms with Crippen LogP contribution >= 0.6 is 0 Å². The molecule has 21 nitrogen and oxygen atoms in total. The molecule has 0 spiro atoms. The van der Waals surface area contributed by atoms with Crippen LogP contribution in [0, 0.1) is 29.3 Å². The van der Waals surface area contributed by atoms with E-state index in [1.54, 1.807) is 27.7 Å². The second-order valence-electron chi connectivity index (χ2n) is 16.0. The van der Waals surface area contributed by atoms with E-state index in [1.165, 1.54) is 0 Å². The number of carbonyl (C=O) groups is 8. The SMILES string of the molecule is CC(C)C[C@H](NC(=O)[C@H](CC(C)C)NC(=O)[C@H](Cc1ccc(F)c(F)c1F)NC(=O)[C@@H](N)CO)C(=O)N[C@@H](CCCN=C(N)N)C(=O)N[C@@H](CC(N)=O)C(=O)N1CCC[C@H]1C(=O)O. The van der Waals surface area contributed by atoms with Crippen molar-refractivity contribution in [3.8, 4) is 0 Å². The van der Waals surface area contributed by atoms with Gasteiger partial charge in [-0.2, -0.15) is 0 Å². The number of nitrogens with two attached hydrogens (primary N) is 4. The van der Waals surface area contributed by atoms with Crippen LogP contribution < -0.4 is 49.5 Å². The third kappa shape index (κ3) is 17.0. The third-order valence-electron chi connectivity index (χ3n) is 9.80. The molecular formula is C39H60F3N11O10. The summed E-state index contributed by atoms with van der Waals surface area (Å²) in [6.07, 6.45) is -1.10. The maximum atomic E-state index is 14.7. The highest BCUT2D eigenvalue weighted by molar-refractivity contribution is 5.98. The number of guanidine groups is 1. The number of aliphatic imine (C=N–C) groups is 1. The number of halogens is 3. The first kappa shape index (κ1) is 53.1. The van der Waals surface area contributed by atoms with Gasteiger partial charge in [-0.3, -0.25) is 38.6 Å². The van der Waals surface area contributed by atoms with Gasteiger partial charge in [-0.05, 0) is 62.0 Å². The number of benzene rings is 1. The van der Waals surface area contributed by atoms with Gasteiger partial charge >= 0.3 is 5.97 Å². The fourth-order valence-corrected chi connectivity index (χ4v) is 6.67. The van der Waals surface area contributed by atoms with Crippen LogP contribution in [0.3, 0.4) is 0 Å². The number of hydrogen-bond acceptors (Lipinski definition) is 11. The molecule has 63 heavy (non-hydrogen) atoms. The van der Waals surface area contributed by atoms with Crippen LogP contribution in [0.25, 0.3) is 0 Å². The van der Waals surface area contributed by atoms with Crippen LogP contribution in [0.15, 0.2) is 17.1 Å². The first-order valence-corrected chi connectivity index (χ1v) is 20.3. The van der Waals surface area contributed by atoms with Crippen molar-refractivity contribution in [1.82, 2.24) is 31.5 Å². The molecule has 352 valence electrons. The number of likely N-dealkylation sites (tertiary alicyclic amines) is 1. The van der Waals surface area contributed by atoms with E-state index >= 15 is 0 Å². The molecule has 7 atom stereocenters. The van der Waals surface area contributed by atoms with Crippen LogP contribution in [0.5, 0.6) is 0 Å². The first-order chi connectivity index (χ1) is 29.5. The number of nitrogens with zero attached hydrogens (tertiary/aromatic N) is 2. The molecular weight excluding hydrogens is 839 g/mol. The van der Waals surface area contributed by atoms with Gasteiger partial charge < -0.3 is 64.6 Å². The Kier molecular flexibility index (Phi) is 21.2. The summed E-state index contributed by atoms with van der Waals surface area (Å²) in [6, 6.07) is -8.89. The summed E-state index contributed by atoms with van der Waals surface area (Å²) in [5, 5.41) is 31.2. The molecule has 1 heterocycles. The number of carboxylic acids is 1. The zero-order chi connectivity index (χ0) is 47.7. The molecule has 0 aromatic heterocycles. The third-order valence-corrected chi connectivity index (χ3v) is 9.80. The smallest absolute Gasteiger partial charge is 0.326 e. The Labute approximate surface area is 362 Å². The number of aliphatic hydroxyl groups excluding tert-OH is 1. The van der Waals surface area contributed by atoms with Crippen LogP contribution in [0.4, 0.5) is 13.2 Å². The van der Waals surface area contributed by atoms with Crippen molar-refractivity contribution in [3.63, 3.8) is 0 Å². The van der Waals surface area contributed by atoms with Crippen LogP contribution in [0.2, 0.25) is 0 Å². The van der Waals surface area contributed by atoms with Crippen molar-refractivity contribution in [2.75, 3.05) is 19.7 Å². The van der Waals surface area contributed by atoms with E-state index in [0.29, 0.717) is 12.5 Å². The molecule has 0 saturated carbocycles. The number of nitrogens with one attached hydrogen (secondary N) is 5. The number of aliphatic hydroxyl groups is 1. The molecule has 0 aliphatic carbocycles. The predicted molar refractivity (Wildman–Crippen MR) is 220 cm³/mol. The van der Waals surface area contributed by atoms with E-state index in [2.05, 4.69) is 31.6 Å². The summed E-state index contributed by atoms with van der Waals surface area (Å²) >= 11 is 0. The average Bonchev–Trinajstić information content (AvgIpc) is 3.70. The molecule has 1 aliphatic rings. The normalized spacial score (nSPS) is 16.5. The lowest BCUT2D eigenvalue weighted by Crippen LogP contribution is -2.60. The zero-order valence-corrected chi connectivity index (χ0v) is 35.6. The van der Waals surface area contributed by atoms with Gasteiger partial charge in [0.05, 0.1) is 13.0 Å². The number of rotatable bonds is 25. The van der Waals surface area contributed by atoms with E-state index in [1.807, 2.05) is 0 Å². The Morgan fingerprint density at radius 3 is 1.78 bits per heavy atom. The molecule has 1 aromatic rings. The molecule has 1 saturated heterocycles. The molecule has 7 amide bonds. The zero-order valence-electron chi connectivity index (χ0n) is 35.6. The summed E-state index contributed by atoms with van der Waals surface area (Å²) in [5.41, 5.74) is 21.3. The maximum Gasteiger partial charge on any atom is 0.326 e. The van der Waals surface area contributed by atoms with Crippen molar-refractivity contribution in [1.29, 1.82) is 0 Å². The van der Waals surface area contributed by atoms with E-state index in [-0.39, 0.29) is 63.0 Å². The van der Waals surface area contributed by atoms with Gasteiger partial charge in [0.25, 0.3) is 0 Å². The molecule has 2 rings (SSSR count). The number of amides is 7. The summed E-state index contributed by atoms with van der Waals surface area (Å²) in [6.45, 7) is 6.04. The average molecular weight is 900 g/mol. The summed E-state index contributed by atoms with van der Waals surface area (Å²) in [5.74, 6) is -13.9. The second-order valence-corrected chi connectivity index (χ2v) is 16.0. The Morgan fingerprint density at radius 1 is 0.762 bits per heavy atom. The highest BCUT2D eigenvalue weighted by Gasteiger charge is 2.39. The van der Waals surface area contributed by atoms with Crippen molar-refractivity contribution >= 4 is 53.3 Å². The highest BCUT2D eigenvalue weighted by atomic mass is 19.2. The van der Waals surface area contributed by atoms with E-state index < -0.39 is 132 Å². The molecule has 1 aliphatic heterocycles. The number of aliphatic carboxylic acids is 1.